The number of benzene rings is 1. The highest BCUT2D eigenvalue weighted by Gasteiger charge is 2.27. The Morgan fingerprint density at radius 2 is 2.24 bits per heavy atom. The van der Waals surface area contributed by atoms with Gasteiger partial charge in [0.15, 0.2) is 4.34 Å². The minimum atomic E-state index is -0.455. The Balaban J connectivity index is 1.65. The maximum Gasteiger partial charge on any atom is 0.410 e. The van der Waals surface area contributed by atoms with Crippen LogP contribution < -0.4 is 5.32 Å². The summed E-state index contributed by atoms with van der Waals surface area (Å²) >= 11 is 3.39. The number of anilines is 1. The summed E-state index contributed by atoms with van der Waals surface area (Å²) < 4.78 is 7.77. The van der Waals surface area contributed by atoms with E-state index in [2.05, 4.69) is 28.5 Å². The van der Waals surface area contributed by atoms with Gasteiger partial charge in [-0.25, -0.2) is 9.78 Å². The van der Waals surface area contributed by atoms with E-state index in [1.807, 2.05) is 31.9 Å². The molecule has 1 aliphatic heterocycles. The molecule has 2 aromatic rings. The Morgan fingerprint density at radius 1 is 1.44 bits per heavy atom. The molecule has 3 rings (SSSR count). The van der Waals surface area contributed by atoms with E-state index in [1.165, 1.54) is 4.70 Å². The van der Waals surface area contributed by atoms with Crippen molar-refractivity contribution in [3.63, 3.8) is 0 Å². The van der Waals surface area contributed by atoms with E-state index >= 15 is 0 Å². The first-order chi connectivity index (χ1) is 11.8. The fourth-order valence-corrected chi connectivity index (χ4v) is 4.43. The van der Waals surface area contributed by atoms with Crippen LogP contribution in [0.1, 0.15) is 33.6 Å². The van der Waals surface area contributed by atoms with Gasteiger partial charge in [-0.1, -0.05) is 11.8 Å². The van der Waals surface area contributed by atoms with Crippen LogP contribution in [0.2, 0.25) is 0 Å². The molecule has 7 heteroatoms. The molecule has 0 spiro atoms. The highest BCUT2D eigenvalue weighted by atomic mass is 32.2. The smallest absolute Gasteiger partial charge is 0.410 e. The number of likely N-dealkylation sites (tertiary alicyclic amines) is 1. The van der Waals surface area contributed by atoms with Crippen LogP contribution in [-0.4, -0.2) is 47.0 Å². The normalized spacial score (nSPS) is 18.4. The van der Waals surface area contributed by atoms with E-state index in [0.29, 0.717) is 6.54 Å². The van der Waals surface area contributed by atoms with Crippen molar-refractivity contribution in [2.45, 2.75) is 49.6 Å². The van der Waals surface area contributed by atoms with Gasteiger partial charge in [0.2, 0.25) is 0 Å². The molecule has 1 atom stereocenters. The van der Waals surface area contributed by atoms with Gasteiger partial charge in [0, 0.05) is 24.8 Å². The molecule has 1 amide bonds. The van der Waals surface area contributed by atoms with Crippen molar-refractivity contribution in [2.75, 3.05) is 24.7 Å². The van der Waals surface area contributed by atoms with Crippen molar-refractivity contribution in [3.05, 3.63) is 18.2 Å². The van der Waals surface area contributed by atoms with E-state index in [-0.39, 0.29) is 12.1 Å². The molecule has 0 aliphatic carbocycles. The Kier molecular flexibility index (Phi) is 5.43. The van der Waals surface area contributed by atoms with Gasteiger partial charge in [-0.2, -0.15) is 0 Å². The van der Waals surface area contributed by atoms with E-state index in [1.54, 1.807) is 23.1 Å². The number of rotatable bonds is 3. The van der Waals surface area contributed by atoms with Gasteiger partial charge in [0.05, 0.1) is 10.2 Å². The lowest BCUT2D eigenvalue weighted by molar-refractivity contribution is 0.0206. The summed E-state index contributed by atoms with van der Waals surface area (Å²) in [6.07, 6.45) is 3.86. The topological polar surface area (TPSA) is 54.5 Å². The summed E-state index contributed by atoms with van der Waals surface area (Å²) in [7, 11) is 0. The zero-order valence-electron chi connectivity index (χ0n) is 15.2. The molecule has 1 aromatic heterocycles. The summed E-state index contributed by atoms with van der Waals surface area (Å²) in [6, 6.07) is 6.52. The second kappa shape index (κ2) is 7.41. The zero-order valence-corrected chi connectivity index (χ0v) is 16.8. The maximum atomic E-state index is 12.3. The summed E-state index contributed by atoms with van der Waals surface area (Å²) in [6.45, 7) is 7.14. The van der Waals surface area contributed by atoms with Crippen molar-refractivity contribution in [1.29, 1.82) is 0 Å². The molecular formula is C18H25N3O2S2. The van der Waals surface area contributed by atoms with Gasteiger partial charge in [-0.3, -0.25) is 0 Å². The lowest BCUT2D eigenvalue weighted by atomic mass is 10.1. The third-order valence-corrected chi connectivity index (χ3v) is 5.99. The lowest BCUT2D eigenvalue weighted by Gasteiger charge is -2.34. The van der Waals surface area contributed by atoms with E-state index in [9.17, 15) is 4.79 Å². The number of thiazole rings is 1. The van der Waals surface area contributed by atoms with Gasteiger partial charge < -0.3 is 15.0 Å². The average Bonchev–Trinajstić information content (AvgIpc) is 2.96. The van der Waals surface area contributed by atoms with Gasteiger partial charge in [-0.15, -0.1) is 11.3 Å². The minimum absolute atomic E-state index is 0.221. The fraction of sp³-hybridized carbons (Fsp3) is 0.556. The van der Waals surface area contributed by atoms with Gasteiger partial charge in [-0.05, 0) is 58.1 Å². The number of fused-ring (bicyclic) bond motifs is 1. The van der Waals surface area contributed by atoms with Crippen molar-refractivity contribution >= 4 is 45.1 Å². The van der Waals surface area contributed by atoms with Crippen LogP contribution in [0.25, 0.3) is 10.2 Å². The number of nitrogens with one attached hydrogen (secondary N) is 1. The van der Waals surface area contributed by atoms with Crippen LogP contribution in [-0.2, 0) is 4.74 Å². The molecule has 1 saturated heterocycles. The molecule has 0 radical (unpaired) electrons. The largest absolute Gasteiger partial charge is 0.444 e. The molecule has 136 valence electrons. The first-order valence-electron chi connectivity index (χ1n) is 8.53. The van der Waals surface area contributed by atoms with Gasteiger partial charge >= 0.3 is 6.09 Å². The van der Waals surface area contributed by atoms with Crippen molar-refractivity contribution in [3.8, 4) is 0 Å². The monoisotopic (exact) mass is 379 g/mol. The second-order valence-corrected chi connectivity index (χ2v) is 9.36. The number of carbonyl (C=O) groups is 1. The molecule has 1 aromatic carbocycles. The molecule has 0 saturated carbocycles. The summed E-state index contributed by atoms with van der Waals surface area (Å²) in [4.78, 5) is 18.7. The molecular weight excluding hydrogens is 354 g/mol. The van der Waals surface area contributed by atoms with E-state index in [4.69, 9.17) is 4.74 Å². The van der Waals surface area contributed by atoms with Crippen LogP contribution in [0, 0.1) is 0 Å². The molecule has 0 bridgehead atoms. The number of piperidine rings is 1. The number of thioether (sulfide) groups is 1. The molecule has 1 fully saturated rings. The Morgan fingerprint density at radius 3 is 2.96 bits per heavy atom. The van der Waals surface area contributed by atoms with Crippen LogP contribution in [0.3, 0.4) is 0 Å². The fourth-order valence-electron chi connectivity index (χ4n) is 2.90. The van der Waals surface area contributed by atoms with Gasteiger partial charge in [0.25, 0.3) is 0 Å². The third-order valence-electron chi connectivity index (χ3n) is 3.99. The number of ether oxygens (including phenoxy) is 1. The second-order valence-electron chi connectivity index (χ2n) is 7.28. The summed E-state index contributed by atoms with van der Waals surface area (Å²) in [5.41, 5.74) is 1.67. The summed E-state index contributed by atoms with van der Waals surface area (Å²) in [5.74, 6) is 0. The summed E-state index contributed by atoms with van der Waals surface area (Å²) in [5, 5.41) is 3.57. The lowest BCUT2D eigenvalue weighted by Crippen LogP contribution is -2.46. The highest BCUT2D eigenvalue weighted by molar-refractivity contribution is 8.00. The van der Waals surface area contributed by atoms with Gasteiger partial charge in [0.1, 0.15) is 5.60 Å². The number of carbonyl (C=O) groups excluding carboxylic acids is 1. The van der Waals surface area contributed by atoms with Crippen LogP contribution in [0.15, 0.2) is 22.5 Å². The molecule has 25 heavy (non-hydrogen) atoms. The third kappa shape index (κ3) is 4.79. The first kappa shape index (κ1) is 18.3. The number of hydrogen-bond donors (Lipinski definition) is 1. The zero-order chi connectivity index (χ0) is 18.0. The quantitative estimate of drug-likeness (QED) is 0.774. The number of nitrogens with zero attached hydrogens (tertiary/aromatic N) is 2. The molecule has 1 N–H and O–H groups in total. The van der Waals surface area contributed by atoms with Crippen LogP contribution >= 0.6 is 23.1 Å². The number of hydrogen-bond acceptors (Lipinski definition) is 6. The number of aromatic nitrogens is 1. The molecule has 5 nitrogen and oxygen atoms in total. The SMILES string of the molecule is CSc1nc2ccc(NC3CCCN(C(=O)OC(C)(C)C)C3)cc2s1. The van der Waals surface area contributed by atoms with Crippen molar-refractivity contribution in [1.82, 2.24) is 9.88 Å². The standard InChI is InChI=1S/C18H25N3O2S2/c1-18(2,3)23-17(22)21-9-5-6-13(11-21)19-12-7-8-14-15(10-12)25-16(20-14)24-4/h7-8,10,13,19H,5-6,9,11H2,1-4H3. The predicted octanol–water partition coefficient (Wildman–Crippen LogP) is 4.83. The van der Waals surface area contributed by atoms with E-state index < -0.39 is 5.60 Å². The molecule has 1 aliphatic rings. The molecule has 1 unspecified atom stereocenters. The number of amides is 1. The van der Waals surface area contributed by atoms with E-state index in [0.717, 1.165) is 34.9 Å². The Bertz CT molecular complexity index is 754. The molecule has 2 heterocycles. The predicted molar refractivity (Wildman–Crippen MR) is 106 cm³/mol. The van der Waals surface area contributed by atoms with Crippen LogP contribution in [0.5, 0.6) is 0 Å². The minimum Gasteiger partial charge on any atom is -0.444 e. The Hall–Kier alpha value is -1.47. The maximum absolute atomic E-state index is 12.3. The Labute approximate surface area is 157 Å². The van der Waals surface area contributed by atoms with Crippen molar-refractivity contribution in [2.24, 2.45) is 0 Å². The highest BCUT2D eigenvalue weighted by Crippen LogP contribution is 2.30. The average molecular weight is 380 g/mol. The first-order valence-corrected chi connectivity index (χ1v) is 10.6. The van der Waals surface area contributed by atoms with Crippen molar-refractivity contribution < 1.29 is 9.53 Å². The van der Waals surface area contributed by atoms with Crippen LogP contribution in [0.4, 0.5) is 10.5 Å².